The SMILES string of the molecule is FC(F)(F)c1cc(-c2nc3c(Cl)cccc3[nH]2)ccc1Br. The molecule has 2 nitrogen and oxygen atoms in total. The van der Waals surface area contributed by atoms with E-state index in [0.717, 1.165) is 6.07 Å². The first-order valence-corrected chi connectivity index (χ1v) is 7.05. The van der Waals surface area contributed by atoms with Crippen LogP contribution in [-0.2, 0) is 6.18 Å². The summed E-state index contributed by atoms with van der Waals surface area (Å²) in [6.07, 6.45) is -4.43. The Morgan fingerprint density at radius 1 is 1.14 bits per heavy atom. The molecule has 0 fully saturated rings. The maximum Gasteiger partial charge on any atom is 0.417 e. The van der Waals surface area contributed by atoms with E-state index in [1.807, 2.05) is 0 Å². The van der Waals surface area contributed by atoms with Gasteiger partial charge in [0.05, 0.1) is 16.1 Å². The van der Waals surface area contributed by atoms with E-state index in [2.05, 4.69) is 25.9 Å². The van der Waals surface area contributed by atoms with Gasteiger partial charge in [0.15, 0.2) is 0 Å². The molecule has 0 unspecified atom stereocenters. The van der Waals surface area contributed by atoms with E-state index in [1.165, 1.54) is 6.07 Å². The number of hydrogen-bond donors (Lipinski definition) is 1. The van der Waals surface area contributed by atoms with Gasteiger partial charge in [0.2, 0.25) is 0 Å². The van der Waals surface area contributed by atoms with Gasteiger partial charge < -0.3 is 4.98 Å². The Morgan fingerprint density at radius 2 is 1.90 bits per heavy atom. The molecule has 0 aliphatic rings. The Kier molecular flexibility index (Phi) is 3.45. The lowest BCUT2D eigenvalue weighted by molar-refractivity contribution is -0.138. The molecule has 0 radical (unpaired) electrons. The number of rotatable bonds is 1. The van der Waals surface area contributed by atoms with Crippen molar-refractivity contribution < 1.29 is 13.2 Å². The number of aromatic amines is 1. The number of H-pyrrole nitrogens is 1. The fourth-order valence-corrected chi connectivity index (χ4v) is 2.71. The maximum atomic E-state index is 12.9. The third kappa shape index (κ3) is 2.65. The minimum absolute atomic E-state index is 0.00658. The number of imidazole rings is 1. The molecule has 0 spiro atoms. The van der Waals surface area contributed by atoms with Crippen LogP contribution in [0.25, 0.3) is 22.4 Å². The summed E-state index contributed by atoms with van der Waals surface area (Å²) < 4.78 is 38.8. The number of benzene rings is 2. The highest BCUT2D eigenvalue weighted by Crippen LogP contribution is 2.37. The molecule has 21 heavy (non-hydrogen) atoms. The van der Waals surface area contributed by atoms with Gasteiger partial charge in [-0.15, -0.1) is 0 Å². The fourth-order valence-electron chi connectivity index (χ4n) is 2.02. The lowest BCUT2D eigenvalue weighted by Crippen LogP contribution is -2.06. The molecule has 7 heteroatoms. The first-order valence-electron chi connectivity index (χ1n) is 5.87. The highest BCUT2D eigenvalue weighted by Gasteiger charge is 2.33. The summed E-state index contributed by atoms with van der Waals surface area (Å²) in [5, 5.41) is 0.447. The van der Waals surface area contributed by atoms with Crippen LogP contribution >= 0.6 is 27.5 Å². The molecule has 3 aromatic rings. The summed E-state index contributed by atoms with van der Waals surface area (Å²) in [5.74, 6) is 0.344. The number of halogens is 5. The third-order valence-electron chi connectivity index (χ3n) is 3.01. The second kappa shape index (κ2) is 5.03. The zero-order valence-corrected chi connectivity index (χ0v) is 12.6. The number of hydrogen-bond acceptors (Lipinski definition) is 1. The van der Waals surface area contributed by atoms with Crippen molar-refractivity contribution in [2.45, 2.75) is 6.18 Å². The maximum absolute atomic E-state index is 12.9. The summed E-state index contributed by atoms with van der Waals surface area (Å²) in [4.78, 5) is 7.24. The largest absolute Gasteiger partial charge is 0.417 e. The summed E-state index contributed by atoms with van der Waals surface area (Å²) in [6.45, 7) is 0. The highest BCUT2D eigenvalue weighted by atomic mass is 79.9. The van der Waals surface area contributed by atoms with Crippen LogP contribution in [0.1, 0.15) is 5.56 Å². The summed E-state index contributed by atoms with van der Waals surface area (Å²) in [7, 11) is 0. The predicted molar refractivity (Wildman–Crippen MR) is 79.2 cm³/mol. The molecular weight excluding hydrogens is 369 g/mol. The fraction of sp³-hybridized carbons (Fsp3) is 0.0714. The summed E-state index contributed by atoms with van der Waals surface area (Å²) >= 11 is 8.93. The molecule has 0 saturated heterocycles. The molecule has 0 amide bonds. The second-order valence-corrected chi connectivity index (χ2v) is 5.68. The standard InChI is InChI=1S/C14H7BrClF3N2/c15-9-5-4-7(6-8(9)14(17,18)19)13-20-11-3-1-2-10(16)12(11)21-13/h1-6H,(H,20,21). The summed E-state index contributed by atoms with van der Waals surface area (Å²) in [5.41, 5.74) is 0.809. The van der Waals surface area contributed by atoms with Gasteiger partial charge in [-0.05, 0) is 24.3 Å². The zero-order valence-electron chi connectivity index (χ0n) is 10.3. The van der Waals surface area contributed by atoms with Crippen LogP contribution in [0.3, 0.4) is 0 Å². The van der Waals surface area contributed by atoms with E-state index in [1.54, 1.807) is 24.3 Å². The molecule has 0 saturated carbocycles. The molecule has 0 aliphatic carbocycles. The quantitative estimate of drug-likeness (QED) is 0.584. The van der Waals surface area contributed by atoms with Gasteiger partial charge in [-0.3, -0.25) is 0 Å². The van der Waals surface area contributed by atoms with E-state index in [4.69, 9.17) is 11.6 Å². The topological polar surface area (TPSA) is 28.7 Å². The molecule has 0 bridgehead atoms. The van der Waals surface area contributed by atoms with E-state index in [-0.39, 0.29) is 4.47 Å². The van der Waals surface area contributed by atoms with Crippen molar-refractivity contribution in [3.8, 4) is 11.4 Å². The van der Waals surface area contributed by atoms with E-state index >= 15 is 0 Å². The minimum atomic E-state index is -4.43. The zero-order chi connectivity index (χ0) is 15.2. The van der Waals surface area contributed by atoms with Crippen LogP contribution < -0.4 is 0 Å². The van der Waals surface area contributed by atoms with Gasteiger partial charge >= 0.3 is 6.18 Å². The predicted octanol–water partition coefficient (Wildman–Crippen LogP) is 5.66. The van der Waals surface area contributed by atoms with Crippen LogP contribution in [0.2, 0.25) is 5.02 Å². The Bertz CT molecular complexity index is 827. The van der Waals surface area contributed by atoms with E-state index in [0.29, 0.717) is 27.4 Å². The number of para-hydroxylation sites is 1. The Morgan fingerprint density at radius 3 is 2.57 bits per heavy atom. The summed E-state index contributed by atoms with van der Waals surface area (Å²) in [6, 6.07) is 9.15. The number of aromatic nitrogens is 2. The van der Waals surface area contributed by atoms with Crippen molar-refractivity contribution in [3.63, 3.8) is 0 Å². The van der Waals surface area contributed by atoms with Gasteiger partial charge in [-0.2, -0.15) is 13.2 Å². The van der Waals surface area contributed by atoms with Gasteiger partial charge in [-0.1, -0.05) is 39.7 Å². The molecule has 1 aromatic heterocycles. The molecule has 1 N–H and O–H groups in total. The minimum Gasteiger partial charge on any atom is -0.338 e. The lowest BCUT2D eigenvalue weighted by Gasteiger charge is -2.10. The van der Waals surface area contributed by atoms with Crippen LogP contribution in [0.5, 0.6) is 0 Å². The van der Waals surface area contributed by atoms with Crippen molar-refractivity contribution in [3.05, 3.63) is 51.5 Å². The average Bonchev–Trinajstić information content (AvgIpc) is 2.83. The van der Waals surface area contributed by atoms with Crippen molar-refractivity contribution in [2.75, 3.05) is 0 Å². The molecule has 0 atom stereocenters. The normalized spacial score (nSPS) is 12.0. The Balaban J connectivity index is 2.17. The molecule has 0 aliphatic heterocycles. The molecule has 3 rings (SSSR count). The number of alkyl halides is 3. The third-order valence-corrected chi connectivity index (χ3v) is 4.01. The highest BCUT2D eigenvalue weighted by molar-refractivity contribution is 9.10. The second-order valence-electron chi connectivity index (χ2n) is 4.41. The monoisotopic (exact) mass is 374 g/mol. The Labute approximate surface area is 131 Å². The van der Waals surface area contributed by atoms with Gasteiger partial charge in [0.1, 0.15) is 11.3 Å². The molecule has 2 aromatic carbocycles. The average molecular weight is 376 g/mol. The lowest BCUT2D eigenvalue weighted by atomic mass is 10.1. The van der Waals surface area contributed by atoms with Crippen molar-refractivity contribution in [1.29, 1.82) is 0 Å². The molecule has 108 valence electrons. The first-order chi connectivity index (χ1) is 9.86. The first kappa shape index (κ1) is 14.4. The smallest absolute Gasteiger partial charge is 0.338 e. The van der Waals surface area contributed by atoms with E-state index < -0.39 is 11.7 Å². The Hall–Kier alpha value is -1.53. The van der Waals surface area contributed by atoms with Gasteiger partial charge in [-0.25, -0.2) is 4.98 Å². The van der Waals surface area contributed by atoms with Crippen LogP contribution in [0.4, 0.5) is 13.2 Å². The van der Waals surface area contributed by atoms with Crippen LogP contribution in [-0.4, -0.2) is 9.97 Å². The molecular formula is C14H7BrClF3N2. The number of fused-ring (bicyclic) bond motifs is 1. The van der Waals surface area contributed by atoms with E-state index in [9.17, 15) is 13.2 Å². The van der Waals surface area contributed by atoms with Crippen molar-refractivity contribution in [1.82, 2.24) is 9.97 Å². The van der Waals surface area contributed by atoms with Gasteiger partial charge in [0, 0.05) is 10.0 Å². The van der Waals surface area contributed by atoms with Crippen LogP contribution in [0, 0.1) is 0 Å². The number of nitrogens with zero attached hydrogens (tertiary/aromatic N) is 1. The van der Waals surface area contributed by atoms with Crippen molar-refractivity contribution >= 4 is 38.6 Å². The van der Waals surface area contributed by atoms with Crippen molar-refractivity contribution in [2.24, 2.45) is 0 Å². The number of nitrogens with one attached hydrogen (secondary N) is 1. The van der Waals surface area contributed by atoms with Crippen LogP contribution in [0.15, 0.2) is 40.9 Å². The van der Waals surface area contributed by atoms with Gasteiger partial charge in [0.25, 0.3) is 0 Å². The molecule has 1 heterocycles.